The standard InChI is InChI=1S/C19H22N2OS/c1-2-16-13-21(17-10-6-7-11-18(17)23-16)14-19(22)20-12-15-8-4-3-5-9-15/h3-11,16H,2,12-14H2,1H3,(H,20,22). The van der Waals surface area contributed by atoms with Gasteiger partial charge in [-0.25, -0.2) is 0 Å². The van der Waals surface area contributed by atoms with Gasteiger partial charge in [0.25, 0.3) is 0 Å². The highest BCUT2D eigenvalue weighted by atomic mass is 32.2. The number of para-hydroxylation sites is 1. The molecule has 1 atom stereocenters. The van der Waals surface area contributed by atoms with Crippen LogP contribution in [-0.4, -0.2) is 24.2 Å². The molecule has 4 heteroatoms. The van der Waals surface area contributed by atoms with E-state index >= 15 is 0 Å². The first-order chi connectivity index (χ1) is 11.3. The maximum Gasteiger partial charge on any atom is 0.239 e. The molecule has 120 valence electrons. The lowest BCUT2D eigenvalue weighted by Crippen LogP contribution is -2.42. The van der Waals surface area contributed by atoms with Crippen LogP contribution in [0.3, 0.4) is 0 Å². The number of carbonyl (C=O) groups is 1. The topological polar surface area (TPSA) is 32.3 Å². The van der Waals surface area contributed by atoms with Gasteiger partial charge in [-0.1, -0.05) is 49.4 Å². The number of hydrogen-bond donors (Lipinski definition) is 1. The minimum absolute atomic E-state index is 0.0745. The minimum Gasteiger partial charge on any atom is -0.360 e. The molecule has 0 spiro atoms. The zero-order valence-electron chi connectivity index (χ0n) is 13.4. The molecule has 0 bridgehead atoms. The summed E-state index contributed by atoms with van der Waals surface area (Å²) in [5.74, 6) is 0.0745. The normalized spacial score (nSPS) is 16.7. The highest BCUT2D eigenvalue weighted by Gasteiger charge is 2.24. The first-order valence-electron chi connectivity index (χ1n) is 8.07. The van der Waals surface area contributed by atoms with E-state index in [9.17, 15) is 4.79 Å². The van der Waals surface area contributed by atoms with E-state index in [1.54, 1.807) is 0 Å². The Bertz CT molecular complexity index is 659. The molecule has 1 unspecified atom stereocenters. The number of rotatable bonds is 5. The summed E-state index contributed by atoms with van der Waals surface area (Å²) in [6, 6.07) is 18.4. The first-order valence-corrected chi connectivity index (χ1v) is 8.95. The van der Waals surface area contributed by atoms with Crippen LogP contribution in [0.25, 0.3) is 0 Å². The van der Waals surface area contributed by atoms with Crippen LogP contribution in [0.15, 0.2) is 59.5 Å². The zero-order chi connectivity index (χ0) is 16.1. The summed E-state index contributed by atoms with van der Waals surface area (Å²) in [5.41, 5.74) is 2.30. The fraction of sp³-hybridized carbons (Fsp3) is 0.316. The Morgan fingerprint density at radius 1 is 1.17 bits per heavy atom. The number of carbonyl (C=O) groups excluding carboxylic acids is 1. The summed E-state index contributed by atoms with van der Waals surface area (Å²) in [7, 11) is 0. The predicted molar refractivity (Wildman–Crippen MR) is 96.9 cm³/mol. The lowest BCUT2D eigenvalue weighted by Gasteiger charge is -2.34. The van der Waals surface area contributed by atoms with Gasteiger partial charge < -0.3 is 10.2 Å². The molecule has 1 heterocycles. The van der Waals surface area contributed by atoms with Gasteiger partial charge in [0.05, 0.1) is 12.2 Å². The Kier molecular flexibility index (Phi) is 5.23. The van der Waals surface area contributed by atoms with Crippen LogP contribution in [0.2, 0.25) is 0 Å². The first kappa shape index (κ1) is 15.9. The number of hydrogen-bond acceptors (Lipinski definition) is 3. The summed E-state index contributed by atoms with van der Waals surface area (Å²) in [6.07, 6.45) is 1.11. The SMILES string of the molecule is CCC1CN(CC(=O)NCc2ccccc2)c2ccccc2S1. The maximum absolute atomic E-state index is 12.3. The van der Waals surface area contributed by atoms with Gasteiger partial charge >= 0.3 is 0 Å². The van der Waals surface area contributed by atoms with E-state index in [0.717, 1.165) is 18.5 Å². The minimum atomic E-state index is 0.0745. The van der Waals surface area contributed by atoms with E-state index in [1.807, 2.05) is 48.2 Å². The smallest absolute Gasteiger partial charge is 0.239 e. The molecule has 0 saturated carbocycles. The number of benzene rings is 2. The van der Waals surface area contributed by atoms with Crippen molar-refractivity contribution in [2.45, 2.75) is 30.0 Å². The monoisotopic (exact) mass is 326 g/mol. The van der Waals surface area contributed by atoms with Crippen molar-refractivity contribution in [2.75, 3.05) is 18.0 Å². The molecule has 0 aliphatic carbocycles. The van der Waals surface area contributed by atoms with Crippen LogP contribution in [-0.2, 0) is 11.3 Å². The second-order valence-electron chi connectivity index (χ2n) is 5.76. The molecule has 0 saturated heterocycles. The Labute approximate surface area is 142 Å². The van der Waals surface area contributed by atoms with Crippen molar-refractivity contribution in [1.29, 1.82) is 0 Å². The van der Waals surface area contributed by atoms with Gasteiger partial charge in [-0.05, 0) is 24.1 Å². The molecule has 1 amide bonds. The van der Waals surface area contributed by atoms with Gasteiger partial charge in [-0.15, -0.1) is 11.8 Å². The summed E-state index contributed by atoms with van der Waals surface area (Å²) >= 11 is 1.92. The van der Waals surface area contributed by atoms with Gasteiger partial charge in [0.1, 0.15) is 0 Å². The molecule has 1 aliphatic rings. The highest BCUT2D eigenvalue weighted by Crippen LogP contribution is 2.39. The number of thioether (sulfide) groups is 1. The molecule has 23 heavy (non-hydrogen) atoms. The lowest BCUT2D eigenvalue weighted by atomic mass is 10.2. The Balaban J connectivity index is 1.63. The van der Waals surface area contributed by atoms with Crippen LogP contribution in [0.5, 0.6) is 0 Å². The quantitative estimate of drug-likeness (QED) is 0.909. The second kappa shape index (κ2) is 7.55. The van der Waals surface area contributed by atoms with Gasteiger partial charge in [0.15, 0.2) is 0 Å². The molecular weight excluding hydrogens is 304 g/mol. The molecule has 0 fully saturated rings. The summed E-state index contributed by atoms with van der Waals surface area (Å²) in [4.78, 5) is 15.8. The van der Waals surface area contributed by atoms with Crippen LogP contribution in [0, 0.1) is 0 Å². The van der Waals surface area contributed by atoms with E-state index in [1.165, 1.54) is 10.6 Å². The second-order valence-corrected chi connectivity index (χ2v) is 7.10. The Morgan fingerprint density at radius 2 is 1.91 bits per heavy atom. The van der Waals surface area contributed by atoms with E-state index in [2.05, 4.69) is 35.3 Å². The summed E-state index contributed by atoms with van der Waals surface area (Å²) in [5, 5.41) is 3.57. The molecule has 1 N–H and O–H groups in total. The van der Waals surface area contributed by atoms with E-state index in [0.29, 0.717) is 18.3 Å². The lowest BCUT2D eigenvalue weighted by molar-refractivity contribution is -0.119. The van der Waals surface area contributed by atoms with Gasteiger partial charge in [-0.3, -0.25) is 4.79 Å². The number of fused-ring (bicyclic) bond motifs is 1. The van der Waals surface area contributed by atoms with Gasteiger partial charge in [0, 0.05) is 23.2 Å². The summed E-state index contributed by atoms with van der Waals surface area (Å²) < 4.78 is 0. The van der Waals surface area contributed by atoms with E-state index < -0.39 is 0 Å². The van der Waals surface area contributed by atoms with Gasteiger partial charge in [-0.2, -0.15) is 0 Å². The van der Waals surface area contributed by atoms with E-state index in [4.69, 9.17) is 0 Å². The molecule has 3 nitrogen and oxygen atoms in total. The number of nitrogens with one attached hydrogen (secondary N) is 1. The third kappa shape index (κ3) is 4.08. The summed E-state index contributed by atoms with van der Waals surface area (Å²) in [6.45, 7) is 4.14. The van der Waals surface area contributed by atoms with Crippen molar-refractivity contribution in [3.8, 4) is 0 Å². The Hall–Kier alpha value is -1.94. The van der Waals surface area contributed by atoms with Crippen molar-refractivity contribution in [3.63, 3.8) is 0 Å². The average Bonchev–Trinajstić information content (AvgIpc) is 2.60. The van der Waals surface area contributed by atoms with Crippen molar-refractivity contribution in [2.24, 2.45) is 0 Å². The average molecular weight is 326 g/mol. The largest absolute Gasteiger partial charge is 0.360 e. The van der Waals surface area contributed by atoms with Crippen LogP contribution >= 0.6 is 11.8 Å². The Morgan fingerprint density at radius 3 is 2.70 bits per heavy atom. The fourth-order valence-corrected chi connectivity index (χ4v) is 4.02. The van der Waals surface area contributed by atoms with Gasteiger partial charge in [0.2, 0.25) is 5.91 Å². The zero-order valence-corrected chi connectivity index (χ0v) is 14.2. The third-order valence-electron chi connectivity index (χ3n) is 4.05. The number of nitrogens with zero attached hydrogens (tertiary/aromatic N) is 1. The molecule has 1 aliphatic heterocycles. The van der Waals surface area contributed by atoms with E-state index in [-0.39, 0.29) is 5.91 Å². The maximum atomic E-state index is 12.3. The van der Waals surface area contributed by atoms with Crippen LogP contribution in [0.4, 0.5) is 5.69 Å². The molecule has 0 radical (unpaired) electrons. The molecular formula is C19H22N2OS. The van der Waals surface area contributed by atoms with Crippen molar-refractivity contribution >= 4 is 23.4 Å². The molecule has 0 aromatic heterocycles. The van der Waals surface area contributed by atoms with Crippen LogP contribution in [0.1, 0.15) is 18.9 Å². The molecule has 2 aromatic rings. The highest BCUT2D eigenvalue weighted by molar-refractivity contribution is 8.00. The third-order valence-corrected chi connectivity index (χ3v) is 5.46. The number of anilines is 1. The van der Waals surface area contributed by atoms with Crippen molar-refractivity contribution < 1.29 is 4.79 Å². The molecule has 2 aromatic carbocycles. The van der Waals surface area contributed by atoms with Crippen molar-refractivity contribution in [1.82, 2.24) is 5.32 Å². The van der Waals surface area contributed by atoms with Crippen LogP contribution < -0.4 is 10.2 Å². The predicted octanol–water partition coefficient (Wildman–Crippen LogP) is 3.69. The van der Waals surface area contributed by atoms with Crippen molar-refractivity contribution in [3.05, 3.63) is 60.2 Å². The fourth-order valence-electron chi connectivity index (χ4n) is 2.77. The number of amides is 1. The molecule has 3 rings (SSSR count).